The molecule has 1 saturated heterocycles. The van der Waals surface area contributed by atoms with Crippen molar-refractivity contribution in [2.24, 2.45) is 10.2 Å². The second-order valence-electron chi connectivity index (χ2n) is 3.49. The number of carbonyl (C=O) groups is 2. The van der Waals surface area contributed by atoms with Crippen molar-refractivity contribution in [1.82, 2.24) is 5.32 Å². The summed E-state index contributed by atoms with van der Waals surface area (Å²) in [5, 5.41) is 18.3. The minimum Gasteiger partial charge on any atom is -0.481 e. The van der Waals surface area contributed by atoms with E-state index in [9.17, 15) is 9.59 Å². The molecule has 0 spiro atoms. The molecule has 19 heavy (non-hydrogen) atoms. The van der Waals surface area contributed by atoms with Crippen LogP contribution in [0.4, 0.5) is 0 Å². The molecule has 2 heterocycles. The average Bonchev–Trinajstić information content (AvgIpc) is 2.86. The number of rotatable bonds is 4. The summed E-state index contributed by atoms with van der Waals surface area (Å²) >= 11 is 3.08. The van der Waals surface area contributed by atoms with Gasteiger partial charge in [0.25, 0.3) is 0 Å². The molecule has 1 atom stereocenters. The second-order valence-corrected chi connectivity index (χ2v) is 5.74. The topological polar surface area (TPSA) is 104 Å². The highest BCUT2D eigenvalue weighted by molar-refractivity contribution is 14.1. The monoisotopic (exact) mass is 393 g/mol. The smallest absolute Gasteiger partial charge is 0.305 e. The molecule has 0 bridgehead atoms. The Morgan fingerprint density at radius 2 is 2.42 bits per heavy atom. The average molecular weight is 393 g/mol. The zero-order valence-electron chi connectivity index (χ0n) is 9.37. The van der Waals surface area contributed by atoms with Crippen LogP contribution in [-0.2, 0) is 9.59 Å². The van der Waals surface area contributed by atoms with Crippen molar-refractivity contribution in [3.63, 3.8) is 0 Å². The van der Waals surface area contributed by atoms with Crippen molar-refractivity contribution in [2.75, 3.05) is 0 Å². The predicted molar refractivity (Wildman–Crippen MR) is 78.2 cm³/mol. The normalized spacial score (nSPS) is 21.2. The summed E-state index contributed by atoms with van der Waals surface area (Å²) in [6, 6.07) is 3.52. The highest BCUT2D eigenvalue weighted by Gasteiger charge is 2.32. The fraction of sp³-hybridized carbons (Fsp3) is 0.200. The predicted octanol–water partition coefficient (Wildman–Crippen LogP) is 1.28. The Bertz CT molecular complexity index is 569. The number of nitrogens with zero attached hydrogens (tertiary/aromatic N) is 2. The third-order valence-corrected chi connectivity index (χ3v) is 3.72. The molecule has 1 fully saturated rings. The number of amides is 1. The van der Waals surface area contributed by atoms with Crippen LogP contribution in [0.15, 0.2) is 26.8 Å². The molecule has 1 aliphatic rings. The van der Waals surface area contributed by atoms with Crippen molar-refractivity contribution in [3.05, 3.63) is 21.7 Å². The summed E-state index contributed by atoms with van der Waals surface area (Å²) in [6.45, 7) is 0. The lowest BCUT2D eigenvalue weighted by molar-refractivity contribution is -0.138. The minimum absolute atomic E-state index is 0.240. The van der Waals surface area contributed by atoms with E-state index in [1.807, 2.05) is 22.6 Å². The van der Waals surface area contributed by atoms with Gasteiger partial charge in [0.05, 0.1) is 12.6 Å². The third-order valence-electron chi connectivity index (χ3n) is 2.06. The van der Waals surface area contributed by atoms with Crippen LogP contribution in [-0.4, -0.2) is 33.6 Å². The van der Waals surface area contributed by atoms with Gasteiger partial charge in [0.2, 0.25) is 5.91 Å². The fourth-order valence-electron chi connectivity index (χ4n) is 1.28. The van der Waals surface area contributed by atoms with Gasteiger partial charge in [-0.25, -0.2) is 0 Å². The number of carbonyl (C=O) groups excluding carboxylic acids is 1. The molecule has 7 nitrogen and oxygen atoms in total. The van der Waals surface area contributed by atoms with Crippen molar-refractivity contribution >= 4 is 57.6 Å². The lowest BCUT2D eigenvalue weighted by Crippen LogP contribution is -2.26. The van der Waals surface area contributed by atoms with Gasteiger partial charge >= 0.3 is 5.97 Å². The zero-order valence-corrected chi connectivity index (χ0v) is 12.3. The molecule has 0 saturated carbocycles. The molecule has 2 N–H and O–H groups in total. The molecule has 0 aliphatic carbocycles. The van der Waals surface area contributed by atoms with E-state index in [0.29, 0.717) is 5.76 Å². The van der Waals surface area contributed by atoms with E-state index >= 15 is 0 Å². The van der Waals surface area contributed by atoms with Crippen molar-refractivity contribution < 1.29 is 19.1 Å². The Morgan fingerprint density at radius 3 is 3.05 bits per heavy atom. The molecule has 1 aromatic rings. The van der Waals surface area contributed by atoms with Crippen LogP contribution in [0.2, 0.25) is 0 Å². The molecule has 100 valence electrons. The number of hydrogen-bond donors (Lipinski definition) is 2. The Hall–Kier alpha value is -1.36. The minimum atomic E-state index is -1.03. The fourth-order valence-corrected chi connectivity index (χ4v) is 2.63. The summed E-state index contributed by atoms with van der Waals surface area (Å²) < 4.78 is 5.97. The third kappa shape index (κ3) is 4.06. The number of nitrogens with one attached hydrogen (secondary N) is 1. The van der Waals surface area contributed by atoms with E-state index in [4.69, 9.17) is 9.52 Å². The van der Waals surface area contributed by atoms with E-state index in [-0.39, 0.29) is 17.5 Å². The lowest BCUT2D eigenvalue weighted by atomic mass is 10.3. The molecule has 1 amide bonds. The number of hydrogen-bond acceptors (Lipinski definition) is 6. The van der Waals surface area contributed by atoms with Gasteiger partial charge < -0.3 is 14.8 Å². The molecule has 1 aromatic heterocycles. The first-order valence-electron chi connectivity index (χ1n) is 5.10. The van der Waals surface area contributed by atoms with Gasteiger partial charge in [0, 0.05) is 0 Å². The van der Waals surface area contributed by atoms with Crippen LogP contribution in [0.5, 0.6) is 0 Å². The molecule has 9 heteroatoms. The van der Waals surface area contributed by atoms with Crippen LogP contribution in [0.1, 0.15) is 12.2 Å². The second kappa shape index (κ2) is 6.19. The van der Waals surface area contributed by atoms with Crippen LogP contribution >= 0.6 is 34.4 Å². The molecular weight excluding hydrogens is 385 g/mol. The summed E-state index contributed by atoms with van der Waals surface area (Å²) in [5.74, 6) is -0.846. The maximum atomic E-state index is 11.4. The van der Waals surface area contributed by atoms with E-state index in [0.717, 1.165) is 15.5 Å². The van der Waals surface area contributed by atoms with Gasteiger partial charge in [0.15, 0.2) is 8.93 Å². The molecule has 2 rings (SSSR count). The number of halogens is 1. The van der Waals surface area contributed by atoms with Crippen LogP contribution < -0.4 is 5.32 Å². The number of aliphatic carboxylic acids is 1. The lowest BCUT2D eigenvalue weighted by Gasteiger charge is -1.97. The van der Waals surface area contributed by atoms with Crippen molar-refractivity contribution in [1.29, 1.82) is 0 Å². The number of furan rings is 1. The summed E-state index contributed by atoms with van der Waals surface area (Å²) in [5.41, 5.74) is 0. The highest BCUT2D eigenvalue weighted by Crippen LogP contribution is 2.22. The molecule has 0 radical (unpaired) electrons. The van der Waals surface area contributed by atoms with Gasteiger partial charge in [-0.15, -0.1) is 5.10 Å². The van der Waals surface area contributed by atoms with Gasteiger partial charge in [-0.1, -0.05) is 11.8 Å². The standard InChI is InChI=1S/C10H8IN3O4S/c11-7-2-1-5(18-7)4-12-14-10-13-9(17)6(19-10)3-8(15)16/h1-2,4,6H,3H2,(H,15,16)(H,13,14,17)/b12-4+. The Morgan fingerprint density at radius 1 is 1.63 bits per heavy atom. The first-order valence-corrected chi connectivity index (χ1v) is 7.06. The van der Waals surface area contributed by atoms with Crippen LogP contribution in [0.25, 0.3) is 0 Å². The van der Waals surface area contributed by atoms with E-state index in [1.54, 1.807) is 12.1 Å². The summed E-state index contributed by atoms with van der Waals surface area (Å²) in [6.07, 6.45) is 1.17. The van der Waals surface area contributed by atoms with E-state index < -0.39 is 11.2 Å². The SMILES string of the molecule is O=C(O)CC1SC(=N/N=C/c2ccc(I)o2)NC1=O. The largest absolute Gasteiger partial charge is 0.481 e. The van der Waals surface area contributed by atoms with Crippen LogP contribution in [0.3, 0.4) is 0 Å². The van der Waals surface area contributed by atoms with Crippen molar-refractivity contribution in [3.8, 4) is 0 Å². The van der Waals surface area contributed by atoms with Crippen LogP contribution in [0, 0.1) is 3.77 Å². The van der Waals surface area contributed by atoms with E-state index in [1.165, 1.54) is 6.21 Å². The Balaban J connectivity index is 1.96. The first-order chi connectivity index (χ1) is 9.04. The zero-order chi connectivity index (χ0) is 13.8. The van der Waals surface area contributed by atoms with Gasteiger partial charge in [-0.2, -0.15) is 5.10 Å². The molecule has 1 unspecified atom stereocenters. The first kappa shape index (κ1) is 14.1. The quantitative estimate of drug-likeness (QED) is 0.456. The maximum Gasteiger partial charge on any atom is 0.305 e. The maximum absolute atomic E-state index is 11.4. The Labute approximate surface area is 125 Å². The van der Waals surface area contributed by atoms with Gasteiger partial charge in [-0.3, -0.25) is 9.59 Å². The molecular formula is C10H8IN3O4S. The summed E-state index contributed by atoms with van der Waals surface area (Å²) in [7, 11) is 0. The number of thioether (sulfide) groups is 1. The summed E-state index contributed by atoms with van der Waals surface area (Å²) in [4.78, 5) is 21.9. The molecule has 1 aliphatic heterocycles. The number of carboxylic acid groups (broad SMARTS) is 1. The highest BCUT2D eigenvalue weighted by atomic mass is 127. The van der Waals surface area contributed by atoms with Gasteiger partial charge in [0.1, 0.15) is 11.0 Å². The van der Waals surface area contributed by atoms with E-state index in [2.05, 4.69) is 15.5 Å². The number of carboxylic acids is 1. The Kier molecular flexibility index (Phi) is 4.58. The van der Waals surface area contributed by atoms with Crippen molar-refractivity contribution in [2.45, 2.75) is 11.7 Å². The van der Waals surface area contributed by atoms with Gasteiger partial charge in [-0.05, 0) is 34.7 Å². The number of amidine groups is 1. The molecule has 0 aromatic carbocycles.